The Morgan fingerprint density at radius 3 is 2.59 bits per heavy atom. The van der Waals surface area contributed by atoms with Crippen LogP contribution in [0.25, 0.3) is 0 Å². The summed E-state index contributed by atoms with van der Waals surface area (Å²) in [5.41, 5.74) is 0.576. The molecule has 1 fully saturated rings. The van der Waals surface area contributed by atoms with Crippen LogP contribution in [0, 0.1) is 17.2 Å². The molecule has 0 spiro atoms. The van der Waals surface area contributed by atoms with Crippen molar-refractivity contribution in [2.24, 2.45) is 5.92 Å². The van der Waals surface area contributed by atoms with E-state index in [2.05, 4.69) is 4.98 Å². The molecule has 1 aliphatic carbocycles. The van der Waals surface area contributed by atoms with E-state index in [0.29, 0.717) is 17.4 Å². The van der Waals surface area contributed by atoms with Crippen molar-refractivity contribution in [1.82, 2.24) is 4.98 Å². The summed E-state index contributed by atoms with van der Waals surface area (Å²) in [5, 5.41) is 8.66. The van der Waals surface area contributed by atoms with E-state index >= 15 is 0 Å². The Morgan fingerprint density at radius 1 is 1.24 bits per heavy atom. The van der Waals surface area contributed by atoms with Gasteiger partial charge >= 0.3 is 0 Å². The molecule has 0 atom stereocenters. The molecule has 17 heavy (non-hydrogen) atoms. The zero-order valence-corrected chi connectivity index (χ0v) is 10.1. The van der Waals surface area contributed by atoms with Gasteiger partial charge < -0.3 is 4.74 Å². The van der Waals surface area contributed by atoms with Gasteiger partial charge in [0, 0.05) is 12.3 Å². The highest BCUT2D eigenvalue weighted by Gasteiger charge is 2.13. The molecule has 2 rings (SSSR count). The van der Waals surface area contributed by atoms with Crippen LogP contribution in [0.4, 0.5) is 0 Å². The smallest absolute Gasteiger partial charge is 0.213 e. The highest BCUT2D eigenvalue weighted by molar-refractivity contribution is 5.28. The fraction of sp³-hybridized carbons (Fsp3) is 0.571. The summed E-state index contributed by atoms with van der Waals surface area (Å²) < 4.78 is 5.68. The van der Waals surface area contributed by atoms with E-state index in [1.54, 1.807) is 18.3 Å². The molecule has 0 saturated heterocycles. The van der Waals surface area contributed by atoms with Gasteiger partial charge in [0.25, 0.3) is 0 Å². The van der Waals surface area contributed by atoms with Crippen LogP contribution in [0.5, 0.6) is 5.88 Å². The van der Waals surface area contributed by atoms with E-state index in [0.717, 1.165) is 6.61 Å². The zero-order valence-electron chi connectivity index (χ0n) is 10.1. The van der Waals surface area contributed by atoms with Crippen molar-refractivity contribution >= 4 is 0 Å². The summed E-state index contributed by atoms with van der Waals surface area (Å²) in [5.74, 6) is 1.31. The number of nitrogens with zero attached hydrogens (tertiary/aromatic N) is 2. The fourth-order valence-corrected chi connectivity index (χ4v) is 2.27. The second-order valence-electron chi connectivity index (χ2n) is 4.67. The lowest BCUT2D eigenvalue weighted by Gasteiger charge is -2.14. The first-order valence-electron chi connectivity index (χ1n) is 6.37. The van der Waals surface area contributed by atoms with Crippen LogP contribution in [0.15, 0.2) is 18.3 Å². The number of hydrogen-bond acceptors (Lipinski definition) is 3. The first-order valence-corrected chi connectivity index (χ1v) is 6.37. The van der Waals surface area contributed by atoms with Crippen molar-refractivity contribution in [3.05, 3.63) is 23.9 Å². The molecular formula is C14H18N2O. The second-order valence-corrected chi connectivity index (χ2v) is 4.67. The van der Waals surface area contributed by atoms with E-state index in [1.165, 1.54) is 38.5 Å². The highest BCUT2D eigenvalue weighted by Crippen LogP contribution is 2.23. The minimum Gasteiger partial charge on any atom is -0.477 e. The van der Waals surface area contributed by atoms with Crippen LogP contribution in [0.1, 0.15) is 44.1 Å². The number of pyridine rings is 1. The quantitative estimate of drug-likeness (QED) is 0.748. The summed E-state index contributed by atoms with van der Waals surface area (Å²) >= 11 is 0. The third-order valence-electron chi connectivity index (χ3n) is 3.31. The van der Waals surface area contributed by atoms with Crippen molar-refractivity contribution < 1.29 is 4.74 Å². The molecule has 0 aromatic carbocycles. The molecule has 90 valence electrons. The molecule has 0 unspecified atom stereocenters. The maximum Gasteiger partial charge on any atom is 0.213 e. The van der Waals surface area contributed by atoms with Gasteiger partial charge in [0.2, 0.25) is 5.88 Å². The number of ether oxygens (including phenoxy) is 1. The molecule has 1 saturated carbocycles. The van der Waals surface area contributed by atoms with Crippen molar-refractivity contribution in [3.8, 4) is 11.9 Å². The van der Waals surface area contributed by atoms with Crippen LogP contribution in [-0.2, 0) is 0 Å². The number of hydrogen-bond donors (Lipinski definition) is 0. The summed E-state index contributed by atoms with van der Waals surface area (Å²) in [4.78, 5) is 4.11. The van der Waals surface area contributed by atoms with Crippen molar-refractivity contribution in [2.45, 2.75) is 38.5 Å². The highest BCUT2D eigenvalue weighted by atomic mass is 16.5. The van der Waals surface area contributed by atoms with Gasteiger partial charge in [-0.1, -0.05) is 25.7 Å². The average Bonchev–Trinajstić information content (AvgIpc) is 2.65. The van der Waals surface area contributed by atoms with Crippen molar-refractivity contribution in [2.75, 3.05) is 6.61 Å². The van der Waals surface area contributed by atoms with Crippen molar-refractivity contribution in [3.63, 3.8) is 0 Å². The lowest BCUT2D eigenvalue weighted by atomic mass is 10.0. The topological polar surface area (TPSA) is 45.9 Å². The number of rotatable bonds is 3. The van der Waals surface area contributed by atoms with Gasteiger partial charge in [-0.05, 0) is 24.8 Å². The SMILES string of the molecule is N#Cc1ccc(OCC2CCCCCC2)nc1. The summed E-state index contributed by atoms with van der Waals surface area (Å²) in [6.07, 6.45) is 9.50. The zero-order chi connectivity index (χ0) is 11.9. The predicted octanol–water partition coefficient (Wildman–Crippen LogP) is 3.30. The monoisotopic (exact) mass is 230 g/mol. The minimum atomic E-state index is 0.576. The molecule has 1 aromatic heterocycles. The molecule has 0 bridgehead atoms. The van der Waals surface area contributed by atoms with Gasteiger partial charge in [-0.15, -0.1) is 0 Å². The van der Waals surface area contributed by atoms with Gasteiger partial charge in [-0.3, -0.25) is 0 Å². The first kappa shape index (κ1) is 11.9. The Hall–Kier alpha value is -1.56. The van der Waals surface area contributed by atoms with E-state index in [1.807, 2.05) is 6.07 Å². The maximum atomic E-state index is 8.66. The Morgan fingerprint density at radius 2 is 2.00 bits per heavy atom. The molecule has 1 aromatic rings. The molecule has 0 amide bonds. The molecule has 3 heteroatoms. The van der Waals surface area contributed by atoms with Gasteiger partial charge in [0.15, 0.2) is 0 Å². The summed E-state index contributed by atoms with van der Waals surface area (Å²) in [6, 6.07) is 5.57. The van der Waals surface area contributed by atoms with Crippen LogP contribution in [0.2, 0.25) is 0 Å². The molecule has 0 N–H and O–H groups in total. The largest absolute Gasteiger partial charge is 0.477 e. The number of nitriles is 1. The van der Waals surface area contributed by atoms with E-state index in [-0.39, 0.29) is 0 Å². The average molecular weight is 230 g/mol. The van der Waals surface area contributed by atoms with Gasteiger partial charge in [0.05, 0.1) is 12.2 Å². The molecule has 0 radical (unpaired) electrons. The Kier molecular flexibility index (Phi) is 4.37. The molecule has 3 nitrogen and oxygen atoms in total. The molecule has 1 heterocycles. The number of aromatic nitrogens is 1. The predicted molar refractivity (Wildman–Crippen MR) is 65.6 cm³/mol. The Labute approximate surface area is 102 Å². The normalized spacial score (nSPS) is 17.1. The van der Waals surface area contributed by atoms with E-state index in [9.17, 15) is 0 Å². The van der Waals surface area contributed by atoms with Crippen LogP contribution in [-0.4, -0.2) is 11.6 Å². The van der Waals surface area contributed by atoms with Crippen molar-refractivity contribution in [1.29, 1.82) is 5.26 Å². The second kappa shape index (κ2) is 6.24. The Bertz CT molecular complexity index is 372. The van der Waals surface area contributed by atoms with Crippen LogP contribution >= 0.6 is 0 Å². The minimum absolute atomic E-state index is 0.576. The first-order chi connectivity index (χ1) is 8.38. The summed E-state index contributed by atoms with van der Waals surface area (Å²) in [6.45, 7) is 0.763. The third kappa shape index (κ3) is 3.74. The third-order valence-corrected chi connectivity index (χ3v) is 3.31. The van der Waals surface area contributed by atoms with Gasteiger partial charge in [-0.25, -0.2) is 4.98 Å². The lowest BCUT2D eigenvalue weighted by Crippen LogP contribution is -2.11. The molecule has 0 aliphatic heterocycles. The lowest BCUT2D eigenvalue weighted by molar-refractivity contribution is 0.226. The van der Waals surface area contributed by atoms with Gasteiger partial charge in [-0.2, -0.15) is 5.26 Å². The molecule has 1 aliphatic rings. The van der Waals surface area contributed by atoms with E-state index < -0.39 is 0 Å². The van der Waals surface area contributed by atoms with Crippen LogP contribution < -0.4 is 4.74 Å². The fourth-order valence-electron chi connectivity index (χ4n) is 2.27. The Balaban J connectivity index is 1.82. The van der Waals surface area contributed by atoms with E-state index in [4.69, 9.17) is 10.00 Å². The van der Waals surface area contributed by atoms with Gasteiger partial charge in [0.1, 0.15) is 6.07 Å². The van der Waals surface area contributed by atoms with Crippen LogP contribution in [0.3, 0.4) is 0 Å². The summed E-state index contributed by atoms with van der Waals surface area (Å²) in [7, 11) is 0. The standard InChI is InChI=1S/C14H18N2O/c15-9-13-7-8-14(16-10-13)17-11-12-5-3-1-2-4-6-12/h7-8,10,12H,1-6,11H2. The maximum absolute atomic E-state index is 8.66. The molecular weight excluding hydrogens is 212 g/mol.